The van der Waals surface area contributed by atoms with Gasteiger partial charge in [-0.25, -0.2) is 8.42 Å². The number of sulfonamides is 1. The van der Waals surface area contributed by atoms with Crippen LogP contribution in [0.2, 0.25) is 0 Å². The highest BCUT2D eigenvalue weighted by Gasteiger charge is 2.35. The summed E-state index contributed by atoms with van der Waals surface area (Å²) in [6.45, 7) is 9.12. The predicted octanol–water partition coefficient (Wildman–Crippen LogP) is 6.82. The van der Waals surface area contributed by atoms with Crippen LogP contribution in [-0.2, 0) is 32.6 Å². The minimum absolute atomic E-state index is 0.0673. The van der Waals surface area contributed by atoms with Crippen LogP contribution in [0.25, 0.3) is 0 Å². The zero-order valence-corrected chi connectivity index (χ0v) is 28.7. The molecule has 1 atom stereocenters. The predicted molar refractivity (Wildman–Crippen MR) is 183 cm³/mol. The molecule has 0 aliphatic heterocycles. The van der Waals surface area contributed by atoms with Crippen molar-refractivity contribution in [3.8, 4) is 0 Å². The second-order valence-corrected chi connectivity index (χ2v) is 15.0. The lowest BCUT2D eigenvalue weighted by Gasteiger charge is -2.35. The van der Waals surface area contributed by atoms with Gasteiger partial charge in [0.25, 0.3) is 10.0 Å². The van der Waals surface area contributed by atoms with Crippen LogP contribution in [0.1, 0.15) is 43.0 Å². The number of aryl methyl sites for hydroxylation is 2. The molecule has 1 N–H and O–H groups in total. The fraction of sp³-hybridized carbons (Fsp3) is 0.278. The number of nitrogens with zero attached hydrogens (tertiary/aromatic N) is 2. The normalized spacial score (nSPS) is 12.3. The van der Waals surface area contributed by atoms with E-state index >= 15 is 0 Å². The largest absolute Gasteiger partial charge is 0.350 e. The second-order valence-electron chi connectivity index (χ2n) is 12.2. The summed E-state index contributed by atoms with van der Waals surface area (Å²) in [5, 5.41) is 3.06. The number of carbonyl (C=O) groups is 2. The van der Waals surface area contributed by atoms with Gasteiger partial charge in [-0.15, -0.1) is 0 Å². The maximum atomic E-state index is 14.6. The van der Waals surface area contributed by atoms with Crippen molar-refractivity contribution in [2.45, 2.75) is 64.1 Å². The standard InChI is InChI=1S/C36H40BrN3O4S/c1-26-18-20-32(21-19-26)45(43,44)40(31-17-11-16-30(37)23-31)25-34(41)39(24-29-15-10-9-12-27(29)2)33(35(42)38-36(3,4)5)22-28-13-7-6-8-14-28/h6-21,23,33H,22,24-25H2,1-5H3,(H,38,42)/t33-/m0/s1. The van der Waals surface area contributed by atoms with Gasteiger partial charge in [0.1, 0.15) is 12.6 Å². The Morgan fingerprint density at radius 3 is 2.11 bits per heavy atom. The van der Waals surface area contributed by atoms with E-state index in [1.807, 2.05) is 89.2 Å². The van der Waals surface area contributed by atoms with Crippen molar-refractivity contribution in [3.63, 3.8) is 0 Å². The molecule has 236 valence electrons. The van der Waals surface area contributed by atoms with Gasteiger partial charge in [0.2, 0.25) is 11.8 Å². The zero-order valence-electron chi connectivity index (χ0n) is 26.3. The van der Waals surface area contributed by atoms with E-state index in [-0.39, 0.29) is 23.8 Å². The number of benzene rings is 4. The molecule has 0 fully saturated rings. The fourth-order valence-corrected chi connectivity index (χ4v) is 6.77. The first-order chi connectivity index (χ1) is 21.2. The summed E-state index contributed by atoms with van der Waals surface area (Å²) in [5.74, 6) is -0.817. The third kappa shape index (κ3) is 9.05. The van der Waals surface area contributed by atoms with Crippen molar-refractivity contribution in [1.29, 1.82) is 0 Å². The van der Waals surface area contributed by atoms with Gasteiger partial charge in [0.05, 0.1) is 10.6 Å². The molecule has 0 saturated carbocycles. The molecule has 4 aromatic carbocycles. The molecule has 4 aromatic rings. The molecule has 45 heavy (non-hydrogen) atoms. The SMILES string of the molecule is Cc1ccc(S(=O)(=O)N(CC(=O)N(Cc2ccccc2C)[C@@H](Cc2ccccc2)C(=O)NC(C)(C)C)c2cccc(Br)c2)cc1. The van der Waals surface area contributed by atoms with Crippen molar-refractivity contribution >= 4 is 43.5 Å². The number of halogens is 1. The first-order valence-corrected chi connectivity index (χ1v) is 17.0. The topological polar surface area (TPSA) is 86.8 Å². The molecule has 0 bridgehead atoms. The summed E-state index contributed by atoms with van der Waals surface area (Å²) in [5.41, 5.74) is 3.39. The minimum atomic E-state index is -4.17. The average molecular weight is 691 g/mol. The number of amides is 2. The van der Waals surface area contributed by atoms with Gasteiger partial charge in [-0.05, 0) is 81.6 Å². The molecule has 0 radical (unpaired) electrons. The molecule has 9 heteroatoms. The molecule has 2 amide bonds. The van der Waals surface area contributed by atoms with Crippen LogP contribution in [0.5, 0.6) is 0 Å². The van der Waals surface area contributed by atoms with Gasteiger partial charge in [-0.1, -0.05) is 94.3 Å². The van der Waals surface area contributed by atoms with Crippen LogP contribution in [0, 0.1) is 13.8 Å². The third-order valence-electron chi connectivity index (χ3n) is 7.36. The summed E-state index contributed by atoms with van der Waals surface area (Å²) in [7, 11) is -4.17. The van der Waals surface area contributed by atoms with Crippen molar-refractivity contribution in [1.82, 2.24) is 10.2 Å². The summed E-state index contributed by atoms with van der Waals surface area (Å²) in [6.07, 6.45) is 0.252. The quantitative estimate of drug-likeness (QED) is 0.187. The van der Waals surface area contributed by atoms with Crippen LogP contribution in [0.4, 0.5) is 5.69 Å². The lowest BCUT2D eigenvalue weighted by molar-refractivity contribution is -0.140. The third-order valence-corrected chi connectivity index (χ3v) is 9.64. The van der Waals surface area contributed by atoms with Crippen LogP contribution >= 0.6 is 15.9 Å². The maximum Gasteiger partial charge on any atom is 0.264 e. The van der Waals surface area contributed by atoms with Gasteiger partial charge in [-0.3, -0.25) is 13.9 Å². The van der Waals surface area contributed by atoms with Gasteiger partial charge in [0.15, 0.2) is 0 Å². The molecule has 7 nitrogen and oxygen atoms in total. The van der Waals surface area contributed by atoms with E-state index in [2.05, 4.69) is 21.2 Å². The Bertz CT molecular complexity index is 1740. The second kappa shape index (κ2) is 14.4. The van der Waals surface area contributed by atoms with Gasteiger partial charge < -0.3 is 10.2 Å². The highest BCUT2D eigenvalue weighted by atomic mass is 79.9. The Balaban J connectivity index is 1.83. The number of hydrogen-bond acceptors (Lipinski definition) is 4. The van der Waals surface area contributed by atoms with Crippen molar-refractivity contribution < 1.29 is 18.0 Å². The van der Waals surface area contributed by atoms with E-state index < -0.39 is 34.1 Å². The van der Waals surface area contributed by atoms with Gasteiger partial charge in [-0.2, -0.15) is 0 Å². The average Bonchev–Trinajstić information content (AvgIpc) is 2.98. The van der Waals surface area contributed by atoms with Crippen molar-refractivity contribution in [3.05, 3.63) is 130 Å². The summed E-state index contributed by atoms with van der Waals surface area (Å²) in [6, 6.07) is 29.7. The molecule has 0 heterocycles. The molecule has 0 unspecified atom stereocenters. The van der Waals surface area contributed by atoms with Crippen molar-refractivity contribution in [2.75, 3.05) is 10.8 Å². The highest BCUT2D eigenvalue weighted by Crippen LogP contribution is 2.28. The first kappa shape index (κ1) is 33.9. The molecular weight excluding hydrogens is 650 g/mol. The molecule has 0 aliphatic rings. The summed E-state index contributed by atoms with van der Waals surface area (Å²) < 4.78 is 30.1. The van der Waals surface area contributed by atoms with Crippen LogP contribution < -0.4 is 9.62 Å². The van der Waals surface area contributed by atoms with E-state index in [1.54, 1.807) is 48.5 Å². The monoisotopic (exact) mass is 689 g/mol. The smallest absolute Gasteiger partial charge is 0.264 e. The number of nitrogens with one attached hydrogen (secondary N) is 1. The number of anilines is 1. The van der Waals surface area contributed by atoms with E-state index in [1.165, 1.54) is 4.90 Å². The highest BCUT2D eigenvalue weighted by molar-refractivity contribution is 9.10. The maximum absolute atomic E-state index is 14.6. The number of rotatable bonds is 11. The zero-order chi connectivity index (χ0) is 32.8. The molecular formula is C36H40BrN3O4S. The molecule has 0 saturated heterocycles. The van der Waals surface area contributed by atoms with E-state index in [9.17, 15) is 18.0 Å². The Morgan fingerprint density at radius 2 is 1.49 bits per heavy atom. The summed E-state index contributed by atoms with van der Waals surface area (Å²) in [4.78, 5) is 30.2. The van der Waals surface area contributed by atoms with Gasteiger partial charge >= 0.3 is 0 Å². The minimum Gasteiger partial charge on any atom is -0.350 e. The lowest BCUT2D eigenvalue weighted by Crippen LogP contribution is -2.56. The van der Waals surface area contributed by atoms with Gasteiger partial charge in [0, 0.05) is 23.0 Å². The van der Waals surface area contributed by atoms with Crippen LogP contribution in [-0.4, -0.2) is 43.3 Å². The van der Waals surface area contributed by atoms with E-state index in [4.69, 9.17) is 0 Å². The van der Waals surface area contributed by atoms with Crippen LogP contribution in [0.15, 0.2) is 112 Å². The Labute approximate surface area is 275 Å². The Hall–Kier alpha value is -3.95. The molecule has 0 spiro atoms. The number of carbonyl (C=O) groups excluding carboxylic acids is 2. The van der Waals surface area contributed by atoms with Crippen LogP contribution in [0.3, 0.4) is 0 Å². The first-order valence-electron chi connectivity index (χ1n) is 14.8. The van der Waals surface area contributed by atoms with E-state index in [0.717, 1.165) is 26.6 Å². The Morgan fingerprint density at radius 1 is 0.844 bits per heavy atom. The Kier molecular flexibility index (Phi) is 10.9. The van der Waals surface area contributed by atoms with Crippen molar-refractivity contribution in [2.24, 2.45) is 0 Å². The fourth-order valence-electron chi connectivity index (χ4n) is 4.98. The summed E-state index contributed by atoms with van der Waals surface area (Å²) >= 11 is 3.45. The molecule has 4 rings (SSSR count). The molecule has 0 aliphatic carbocycles. The van der Waals surface area contributed by atoms with E-state index in [0.29, 0.717) is 10.2 Å². The molecule has 0 aromatic heterocycles. The number of hydrogen-bond donors (Lipinski definition) is 1. The lowest BCUT2D eigenvalue weighted by atomic mass is 10.00.